The molecule has 0 aliphatic heterocycles. The first-order chi connectivity index (χ1) is 11.6. The zero-order valence-corrected chi connectivity index (χ0v) is 12.6. The quantitative estimate of drug-likeness (QED) is 0.274. The zero-order valence-electron chi connectivity index (χ0n) is 12.6. The van der Waals surface area contributed by atoms with Crippen LogP contribution in [0.1, 0.15) is 16.1 Å². The molecule has 10 heteroatoms. The number of anilines is 3. The van der Waals surface area contributed by atoms with E-state index in [0.29, 0.717) is 5.82 Å². The van der Waals surface area contributed by atoms with E-state index in [1.807, 2.05) is 0 Å². The minimum Gasteiger partial charge on any atom is -0.309 e. The van der Waals surface area contributed by atoms with E-state index in [4.69, 9.17) is 5.84 Å². The summed E-state index contributed by atoms with van der Waals surface area (Å²) in [4.78, 5) is 24.2. The molecule has 0 aliphatic rings. The fourth-order valence-corrected chi connectivity index (χ4v) is 2.01. The van der Waals surface area contributed by atoms with Crippen LogP contribution in [0, 0.1) is 5.95 Å². The van der Waals surface area contributed by atoms with Crippen LogP contribution in [0.4, 0.5) is 22.0 Å². The molecule has 0 unspecified atom stereocenters. The summed E-state index contributed by atoms with van der Waals surface area (Å²) in [5.74, 6) is 4.82. The lowest BCUT2D eigenvalue weighted by Gasteiger charge is -2.07. The van der Waals surface area contributed by atoms with Crippen LogP contribution in [0.25, 0.3) is 0 Å². The summed E-state index contributed by atoms with van der Waals surface area (Å²) in [6.45, 7) is 0. The third-order valence-electron chi connectivity index (χ3n) is 3.15. The number of hydrazine groups is 1. The molecule has 9 nitrogen and oxygen atoms in total. The van der Waals surface area contributed by atoms with Crippen LogP contribution in [-0.4, -0.2) is 30.5 Å². The summed E-state index contributed by atoms with van der Waals surface area (Å²) in [5.41, 5.74) is 2.37. The molecule has 24 heavy (non-hydrogen) atoms. The molecule has 4 N–H and O–H groups in total. The number of aromatic nitrogens is 5. The number of nitrogens with two attached hydrogens (primary N) is 1. The van der Waals surface area contributed by atoms with Gasteiger partial charge in [-0.25, -0.2) is 20.8 Å². The van der Waals surface area contributed by atoms with Crippen LogP contribution in [0.2, 0.25) is 0 Å². The minimum absolute atomic E-state index is 0.0423. The van der Waals surface area contributed by atoms with Crippen molar-refractivity contribution in [1.29, 1.82) is 0 Å². The van der Waals surface area contributed by atoms with Gasteiger partial charge in [0, 0.05) is 30.9 Å². The highest BCUT2D eigenvalue weighted by Crippen LogP contribution is 2.15. The van der Waals surface area contributed by atoms with Gasteiger partial charge in [-0.1, -0.05) is 0 Å². The molecule has 0 atom stereocenters. The van der Waals surface area contributed by atoms with Gasteiger partial charge in [0.05, 0.1) is 6.20 Å². The summed E-state index contributed by atoms with van der Waals surface area (Å²) in [7, 11) is 1.75. The van der Waals surface area contributed by atoms with E-state index in [-0.39, 0.29) is 23.0 Å². The van der Waals surface area contributed by atoms with E-state index in [2.05, 4.69) is 30.8 Å². The Labute approximate surface area is 135 Å². The molecule has 3 aromatic rings. The van der Waals surface area contributed by atoms with Crippen molar-refractivity contribution in [2.75, 3.05) is 10.7 Å². The molecule has 0 bridgehead atoms. The van der Waals surface area contributed by atoms with Crippen molar-refractivity contribution in [3.8, 4) is 0 Å². The Kier molecular flexibility index (Phi) is 4.12. The van der Waals surface area contributed by atoms with Gasteiger partial charge >= 0.3 is 0 Å². The number of hydrogen-bond acceptors (Lipinski definition) is 8. The molecule has 0 amide bonds. The molecule has 0 spiro atoms. The SMILES string of the molecule is Cn1nccc1Nc1nccc(C(=O)c2cc(F)nc(NN)c2)n1. The number of rotatable bonds is 5. The van der Waals surface area contributed by atoms with Gasteiger partial charge < -0.3 is 10.7 Å². The van der Waals surface area contributed by atoms with E-state index >= 15 is 0 Å². The number of nitrogens with zero attached hydrogens (tertiary/aromatic N) is 5. The second kappa shape index (κ2) is 6.38. The zero-order chi connectivity index (χ0) is 17.1. The molecule has 3 rings (SSSR count). The van der Waals surface area contributed by atoms with Crippen molar-refractivity contribution in [3.05, 3.63) is 53.9 Å². The molecular weight excluding hydrogens is 315 g/mol. The molecule has 0 saturated carbocycles. The predicted octanol–water partition coefficient (Wildman–Crippen LogP) is 1.00. The fourth-order valence-electron chi connectivity index (χ4n) is 2.01. The summed E-state index contributed by atoms with van der Waals surface area (Å²) in [5, 5.41) is 6.95. The van der Waals surface area contributed by atoms with Gasteiger partial charge in [-0.15, -0.1) is 0 Å². The molecule has 0 aromatic carbocycles. The maximum Gasteiger partial charge on any atom is 0.228 e. The summed E-state index contributed by atoms with van der Waals surface area (Å²) in [6.07, 6.45) is 3.04. The molecule has 0 aliphatic carbocycles. The normalized spacial score (nSPS) is 10.5. The number of nitrogen functional groups attached to an aromatic ring is 1. The topological polar surface area (TPSA) is 124 Å². The van der Waals surface area contributed by atoms with E-state index in [1.54, 1.807) is 24.0 Å². The summed E-state index contributed by atoms with van der Waals surface area (Å²) in [6, 6.07) is 5.52. The number of nitrogens with one attached hydrogen (secondary N) is 2. The Bertz CT molecular complexity index is 894. The number of carbonyl (C=O) groups is 1. The third kappa shape index (κ3) is 3.17. The van der Waals surface area contributed by atoms with Crippen LogP contribution in [-0.2, 0) is 7.05 Å². The third-order valence-corrected chi connectivity index (χ3v) is 3.15. The molecule has 3 aromatic heterocycles. The first-order valence-electron chi connectivity index (χ1n) is 6.84. The second-order valence-electron chi connectivity index (χ2n) is 4.77. The Hall–Kier alpha value is -3.40. The smallest absolute Gasteiger partial charge is 0.228 e. The Morgan fingerprint density at radius 1 is 1.25 bits per heavy atom. The number of ketones is 1. The predicted molar refractivity (Wildman–Crippen MR) is 84.0 cm³/mol. The molecular formula is C14H13FN8O. The van der Waals surface area contributed by atoms with Gasteiger partial charge in [0.2, 0.25) is 17.7 Å². The van der Waals surface area contributed by atoms with E-state index in [1.165, 1.54) is 18.3 Å². The number of carbonyl (C=O) groups excluding carboxylic acids is 1. The summed E-state index contributed by atoms with van der Waals surface area (Å²) < 4.78 is 15.0. The highest BCUT2D eigenvalue weighted by Gasteiger charge is 2.15. The Balaban J connectivity index is 1.89. The molecule has 122 valence electrons. The number of hydrogen-bond donors (Lipinski definition) is 3. The minimum atomic E-state index is -0.823. The maximum absolute atomic E-state index is 13.5. The number of halogens is 1. The van der Waals surface area contributed by atoms with Crippen molar-refractivity contribution < 1.29 is 9.18 Å². The van der Waals surface area contributed by atoms with Crippen molar-refractivity contribution in [3.63, 3.8) is 0 Å². The number of aryl methyl sites for hydroxylation is 1. The van der Waals surface area contributed by atoms with Gasteiger partial charge in [-0.05, 0) is 12.1 Å². The lowest BCUT2D eigenvalue weighted by atomic mass is 10.1. The van der Waals surface area contributed by atoms with Crippen LogP contribution in [0.3, 0.4) is 0 Å². The van der Waals surface area contributed by atoms with Gasteiger partial charge in [0.1, 0.15) is 17.3 Å². The number of pyridine rings is 1. The Morgan fingerprint density at radius 2 is 2.08 bits per heavy atom. The van der Waals surface area contributed by atoms with Gasteiger partial charge in [-0.3, -0.25) is 9.48 Å². The van der Waals surface area contributed by atoms with Crippen LogP contribution >= 0.6 is 0 Å². The fraction of sp³-hybridized carbons (Fsp3) is 0.0714. The van der Waals surface area contributed by atoms with E-state index < -0.39 is 11.7 Å². The van der Waals surface area contributed by atoms with Crippen LogP contribution in [0.5, 0.6) is 0 Å². The van der Waals surface area contributed by atoms with Gasteiger partial charge in [-0.2, -0.15) is 9.49 Å². The first-order valence-corrected chi connectivity index (χ1v) is 6.84. The monoisotopic (exact) mass is 328 g/mol. The van der Waals surface area contributed by atoms with Crippen LogP contribution < -0.4 is 16.6 Å². The largest absolute Gasteiger partial charge is 0.309 e. The molecule has 0 saturated heterocycles. The standard InChI is InChI=1S/C14H13FN8O/c1-23-12(3-5-18-23)21-14-17-4-2-9(19-14)13(24)8-6-10(15)20-11(7-8)22-16/h2-7H,16H2,1H3,(H,20,22)(H,17,19,21). The lowest BCUT2D eigenvalue weighted by Crippen LogP contribution is -2.12. The molecule has 0 radical (unpaired) electrons. The molecule has 0 fully saturated rings. The van der Waals surface area contributed by atoms with Crippen molar-refractivity contribution in [1.82, 2.24) is 24.7 Å². The maximum atomic E-state index is 13.5. The van der Waals surface area contributed by atoms with E-state index in [9.17, 15) is 9.18 Å². The highest BCUT2D eigenvalue weighted by atomic mass is 19.1. The van der Waals surface area contributed by atoms with Gasteiger partial charge in [0.15, 0.2) is 0 Å². The average Bonchev–Trinajstić information content (AvgIpc) is 2.98. The van der Waals surface area contributed by atoms with Crippen molar-refractivity contribution >= 4 is 23.4 Å². The average molecular weight is 328 g/mol. The lowest BCUT2D eigenvalue weighted by molar-refractivity contribution is 0.103. The van der Waals surface area contributed by atoms with E-state index in [0.717, 1.165) is 6.07 Å². The highest BCUT2D eigenvalue weighted by molar-refractivity contribution is 6.08. The van der Waals surface area contributed by atoms with Crippen LogP contribution in [0.15, 0.2) is 36.7 Å². The van der Waals surface area contributed by atoms with Crippen molar-refractivity contribution in [2.45, 2.75) is 0 Å². The van der Waals surface area contributed by atoms with Gasteiger partial charge in [0.25, 0.3) is 0 Å². The Morgan fingerprint density at radius 3 is 2.79 bits per heavy atom. The summed E-state index contributed by atoms with van der Waals surface area (Å²) >= 11 is 0. The first kappa shape index (κ1) is 15.5. The molecule has 3 heterocycles. The van der Waals surface area contributed by atoms with Crippen molar-refractivity contribution in [2.24, 2.45) is 12.9 Å². The second-order valence-corrected chi connectivity index (χ2v) is 4.77.